The van der Waals surface area contributed by atoms with Crippen LogP contribution >= 0.6 is 0 Å². The lowest BCUT2D eigenvalue weighted by molar-refractivity contribution is -0.147. The standard InChI is InChI=1S/C17H19NO6/c1-22-12-2-3-14-11(10-24-15(14)7-12)6-16(19)18-4-5-23-13(9-18)8-17(20)21/h2-3,7,10,13H,4-6,8-9H2,1H3,(H,20,21)/t13-/m1/s1. The van der Waals surface area contributed by atoms with E-state index >= 15 is 0 Å². The zero-order valence-electron chi connectivity index (χ0n) is 13.4. The predicted octanol–water partition coefficient (Wildman–Crippen LogP) is 1.69. The molecule has 0 radical (unpaired) electrons. The first kappa shape index (κ1) is 16.3. The lowest BCUT2D eigenvalue weighted by atomic mass is 10.1. The number of ether oxygens (including phenoxy) is 2. The number of fused-ring (bicyclic) bond motifs is 1. The maximum absolute atomic E-state index is 12.5. The SMILES string of the molecule is COc1ccc2c(CC(=O)N3CCO[C@H](CC(=O)O)C3)coc2c1. The van der Waals surface area contributed by atoms with Crippen LogP contribution in [0.25, 0.3) is 11.0 Å². The van der Waals surface area contributed by atoms with E-state index in [9.17, 15) is 9.59 Å². The lowest BCUT2D eigenvalue weighted by Crippen LogP contribution is -2.46. The van der Waals surface area contributed by atoms with Gasteiger partial charge in [0, 0.05) is 30.1 Å². The molecule has 2 heterocycles. The number of carbonyl (C=O) groups excluding carboxylic acids is 1. The second kappa shape index (κ2) is 6.92. The van der Waals surface area contributed by atoms with Gasteiger partial charge in [-0.05, 0) is 12.1 Å². The number of amides is 1. The second-order valence-corrected chi connectivity index (χ2v) is 5.73. The summed E-state index contributed by atoms with van der Waals surface area (Å²) in [4.78, 5) is 25.0. The number of benzene rings is 1. The Labute approximate surface area is 138 Å². The average Bonchev–Trinajstić information content (AvgIpc) is 2.96. The highest BCUT2D eigenvalue weighted by molar-refractivity contribution is 5.88. The van der Waals surface area contributed by atoms with Gasteiger partial charge in [0.1, 0.15) is 11.3 Å². The van der Waals surface area contributed by atoms with Crippen molar-refractivity contribution < 1.29 is 28.6 Å². The fourth-order valence-corrected chi connectivity index (χ4v) is 2.87. The first-order valence-corrected chi connectivity index (χ1v) is 7.72. The molecule has 1 aromatic carbocycles. The van der Waals surface area contributed by atoms with E-state index in [2.05, 4.69) is 0 Å². The van der Waals surface area contributed by atoms with Crippen molar-refractivity contribution in [3.63, 3.8) is 0 Å². The second-order valence-electron chi connectivity index (χ2n) is 5.73. The molecule has 0 bridgehead atoms. The van der Waals surface area contributed by atoms with E-state index in [1.165, 1.54) is 0 Å². The van der Waals surface area contributed by atoms with Gasteiger partial charge >= 0.3 is 5.97 Å². The number of rotatable bonds is 5. The van der Waals surface area contributed by atoms with Gasteiger partial charge in [-0.3, -0.25) is 9.59 Å². The molecular weight excluding hydrogens is 314 g/mol. The summed E-state index contributed by atoms with van der Waals surface area (Å²) in [5.41, 5.74) is 1.47. The highest BCUT2D eigenvalue weighted by atomic mass is 16.5. The maximum Gasteiger partial charge on any atom is 0.306 e. The van der Waals surface area contributed by atoms with Crippen molar-refractivity contribution >= 4 is 22.8 Å². The molecular formula is C17H19NO6. The third kappa shape index (κ3) is 3.51. The Balaban J connectivity index is 1.69. The molecule has 1 saturated heterocycles. The van der Waals surface area contributed by atoms with Crippen molar-refractivity contribution in [3.8, 4) is 5.75 Å². The number of methoxy groups -OCH3 is 1. The summed E-state index contributed by atoms with van der Waals surface area (Å²) in [5, 5.41) is 9.73. The van der Waals surface area contributed by atoms with Crippen LogP contribution < -0.4 is 4.74 Å². The van der Waals surface area contributed by atoms with Gasteiger partial charge < -0.3 is 23.9 Å². The molecule has 1 amide bonds. The summed E-state index contributed by atoms with van der Waals surface area (Å²) in [6.45, 7) is 1.13. The molecule has 7 nitrogen and oxygen atoms in total. The van der Waals surface area contributed by atoms with Gasteiger partial charge in [0.15, 0.2) is 0 Å². The minimum atomic E-state index is -0.927. The van der Waals surface area contributed by atoms with E-state index < -0.39 is 12.1 Å². The zero-order chi connectivity index (χ0) is 17.1. The highest BCUT2D eigenvalue weighted by Crippen LogP contribution is 2.26. The van der Waals surface area contributed by atoms with Crippen LogP contribution in [0.1, 0.15) is 12.0 Å². The van der Waals surface area contributed by atoms with E-state index in [1.54, 1.807) is 24.3 Å². The minimum absolute atomic E-state index is 0.0628. The average molecular weight is 333 g/mol. The molecule has 1 atom stereocenters. The monoisotopic (exact) mass is 333 g/mol. The van der Waals surface area contributed by atoms with Gasteiger partial charge in [-0.1, -0.05) is 0 Å². The smallest absolute Gasteiger partial charge is 0.306 e. The molecule has 1 aliphatic heterocycles. The van der Waals surface area contributed by atoms with Crippen LogP contribution in [0, 0.1) is 0 Å². The van der Waals surface area contributed by atoms with Gasteiger partial charge in [0.25, 0.3) is 0 Å². The first-order valence-electron chi connectivity index (χ1n) is 7.72. The van der Waals surface area contributed by atoms with E-state index in [4.69, 9.17) is 19.0 Å². The number of furan rings is 1. The molecule has 24 heavy (non-hydrogen) atoms. The topological polar surface area (TPSA) is 89.2 Å². The Kier molecular flexibility index (Phi) is 4.71. The Morgan fingerprint density at radius 1 is 1.42 bits per heavy atom. The van der Waals surface area contributed by atoms with Gasteiger partial charge in [0.05, 0.1) is 38.9 Å². The quantitative estimate of drug-likeness (QED) is 0.895. The number of morpholine rings is 1. The Bertz CT molecular complexity index is 753. The van der Waals surface area contributed by atoms with Crippen molar-refractivity contribution in [3.05, 3.63) is 30.0 Å². The Morgan fingerprint density at radius 2 is 2.25 bits per heavy atom. The number of hydrogen-bond acceptors (Lipinski definition) is 5. The van der Waals surface area contributed by atoms with Crippen molar-refractivity contribution in [2.45, 2.75) is 18.9 Å². The number of nitrogens with zero attached hydrogens (tertiary/aromatic N) is 1. The molecule has 7 heteroatoms. The molecule has 2 aromatic rings. The predicted molar refractivity (Wildman–Crippen MR) is 85.0 cm³/mol. The van der Waals surface area contributed by atoms with E-state index in [0.29, 0.717) is 31.0 Å². The summed E-state index contributed by atoms with van der Waals surface area (Å²) in [6, 6.07) is 5.47. The van der Waals surface area contributed by atoms with Crippen molar-refractivity contribution in [2.75, 3.05) is 26.8 Å². The number of carbonyl (C=O) groups is 2. The molecule has 1 aromatic heterocycles. The Morgan fingerprint density at radius 3 is 3.00 bits per heavy atom. The van der Waals surface area contributed by atoms with E-state index in [0.717, 1.165) is 10.9 Å². The van der Waals surface area contributed by atoms with Crippen LogP contribution in [0.4, 0.5) is 0 Å². The number of carboxylic acid groups (broad SMARTS) is 1. The van der Waals surface area contributed by atoms with Gasteiger partial charge in [-0.2, -0.15) is 0 Å². The summed E-state index contributed by atoms with van der Waals surface area (Å²) in [6.07, 6.45) is 1.24. The van der Waals surface area contributed by atoms with Crippen molar-refractivity contribution in [1.82, 2.24) is 4.90 Å². The third-order valence-electron chi connectivity index (χ3n) is 4.10. The lowest BCUT2D eigenvalue weighted by Gasteiger charge is -2.32. The van der Waals surface area contributed by atoms with E-state index in [1.807, 2.05) is 12.1 Å². The van der Waals surface area contributed by atoms with Crippen LogP contribution in [-0.4, -0.2) is 54.8 Å². The summed E-state index contributed by atoms with van der Waals surface area (Å²) in [5.74, 6) is -0.296. The normalized spacial score (nSPS) is 17.9. The molecule has 128 valence electrons. The fourth-order valence-electron chi connectivity index (χ4n) is 2.87. The molecule has 0 aliphatic carbocycles. The molecule has 0 saturated carbocycles. The Hall–Kier alpha value is -2.54. The number of hydrogen-bond donors (Lipinski definition) is 1. The molecule has 1 aliphatic rings. The van der Waals surface area contributed by atoms with E-state index in [-0.39, 0.29) is 18.7 Å². The zero-order valence-corrected chi connectivity index (χ0v) is 13.4. The van der Waals surface area contributed by atoms with Crippen LogP contribution in [0.5, 0.6) is 5.75 Å². The van der Waals surface area contributed by atoms with Crippen LogP contribution in [0.3, 0.4) is 0 Å². The third-order valence-corrected chi connectivity index (χ3v) is 4.10. The van der Waals surface area contributed by atoms with Crippen LogP contribution in [-0.2, 0) is 20.7 Å². The summed E-state index contributed by atoms with van der Waals surface area (Å²) >= 11 is 0. The van der Waals surface area contributed by atoms with Crippen molar-refractivity contribution in [1.29, 1.82) is 0 Å². The maximum atomic E-state index is 12.5. The summed E-state index contributed by atoms with van der Waals surface area (Å²) in [7, 11) is 1.58. The summed E-state index contributed by atoms with van der Waals surface area (Å²) < 4.78 is 16.0. The van der Waals surface area contributed by atoms with Crippen LogP contribution in [0.15, 0.2) is 28.9 Å². The molecule has 0 unspecified atom stereocenters. The first-order chi connectivity index (χ1) is 11.6. The fraction of sp³-hybridized carbons (Fsp3) is 0.412. The highest BCUT2D eigenvalue weighted by Gasteiger charge is 2.26. The molecule has 1 fully saturated rings. The van der Waals surface area contributed by atoms with Gasteiger partial charge in [0.2, 0.25) is 5.91 Å². The molecule has 0 spiro atoms. The van der Waals surface area contributed by atoms with Gasteiger partial charge in [-0.15, -0.1) is 0 Å². The largest absolute Gasteiger partial charge is 0.497 e. The number of aliphatic carboxylic acids is 1. The van der Waals surface area contributed by atoms with Crippen molar-refractivity contribution in [2.24, 2.45) is 0 Å². The molecule has 3 rings (SSSR count). The van der Waals surface area contributed by atoms with Crippen LogP contribution in [0.2, 0.25) is 0 Å². The number of carboxylic acids is 1. The molecule has 1 N–H and O–H groups in total. The minimum Gasteiger partial charge on any atom is -0.497 e. The van der Waals surface area contributed by atoms with Gasteiger partial charge in [-0.25, -0.2) is 0 Å².